The molecule has 1 heterocycles. The summed E-state index contributed by atoms with van der Waals surface area (Å²) in [6.45, 7) is 3.64. The quantitative estimate of drug-likeness (QED) is 0.700. The lowest BCUT2D eigenvalue weighted by atomic mass is 10.2. The van der Waals surface area contributed by atoms with Gasteiger partial charge in [0.05, 0.1) is 6.54 Å². The van der Waals surface area contributed by atoms with Gasteiger partial charge in [-0.15, -0.1) is 0 Å². The van der Waals surface area contributed by atoms with E-state index in [4.69, 9.17) is 5.11 Å². The van der Waals surface area contributed by atoms with Crippen molar-refractivity contribution in [2.24, 2.45) is 0 Å². The minimum absolute atomic E-state index is 0.0310. The third-order valence-electron chi connectivity index (χ3n) is 2.80. The molecule has 1 unspecified atom stereocenters. The van der Waals surface area contributed by atoms with E-state index in [9.17, 15) is 9.59 Å². The topological polar surface area (TPSA) is 60.9 Å². The van der Waals surface area contributed by atoms with Crippen LogP contribution in [0.4, 0.5) is 0 Å². The summed E-state index contributed by atoms with van der Waals surface area (Å²) < 4.78 is 0. The van der Waals surface area contributed by atoms with E-state index in [1.54, 1.807) is 16.8 Å². The standard InChI is InChI=1S/C10H18N2O3/c1-3-8(10(14)15)11(2)7-9(13)12-5-4-6-12/h8H,3-7H2,1-2H3,(H,14,15). The minimum Gasteiger partial charge on any atom is -0.480 e. The predicted molar refractivity (Wildman–Crippen MR) is 55.5 cm³/mol. The number of likely N-dealkylation sites (N-methyl/N-ethyl adjacent to an activating group) is 1. The summed E-state index contributed by atoms with van der Waals surface area (Å²) in [7, 11) is 1.68. The third kappa shape index (κ3) is 2.92. The molecule has 0 aromatic heterocycles. The van der Waals surface area contributed by atoms with Crippen LogP contribution in [0.1, 0.15) is 19.8 Å². The Labute approximate surface area is 89.7 Å². The van der Waals surface area contributed by atoms with Crippen LogP contribution in [0.3, 0.4) is 0 Å². The van der Waals surface area contributed by atoms with Crippen molar-refractivity contribution >= 4 is 11.9 Å². The fraction of sp³-hybridized carbons (Fsp3) is 0.800. The summed E-state index contributed by atoms with van der Waals surface area (Å²) in [4.78, 5) is 25.8. The van der Waals surface area contributed by atoms with Crippen LogP contribution in [0.2, 0.25) is 0 Å². The van der Waals surface area contributed by atoms with Gasteiger partial charge in [0.25, 0.3) is 0 Å². The summed E-state index contributed by atoms with van der Waals surface area (Å²) in [6, 6.07) is -0.560. The van der Waals surface area contributed by atoms with Crippen molar-refractivity contribution in [1.29, 1.82) is 0 Å². The van der Waals surface area contributed by atoms with E-state index < -0.39 is 12.0 Å². The Kier molecular flexibility index (Phi) is 4.08. The maximum Gasteiger partial charge on any atom is 0.320 e. The Balaban J connectivity index is 2.41. The van der Waals surface area contributed by atoms with Crippen molar-refractivity contribution in [2.45, 2.75) is 25.8 Å². The van der Waals surface area contributed by atoms with Crippen LogP contribution in [-0.2, 0) is 9.59 Å². The van der Waals surface area contributed by atoms with E-state index in [1.165, 1.54) is 0 Å². The number of hydrogen-bond acceptors (Lipinski definition) is 3. The van der Waals surface area contributed by atoms with Crippen LogP contribution in [0.5, 0.6) is 0 Å². The zero-order chi connectivity index (χ0) is 11.4. The van der Waals surface area contributed by atoms with E-state index in [0.29, 0.717) is 6.42 Å². The number of aliphatic carboxylic acids is 1. The summed E-state index contributed by atoms with van der Waals surface area (Å²) in [5, 5.41) is 8.90. The van der Waals surface area contributed by atoms with Crippen molar-refractivity contribution in [3.05, 3.63) is 0 Å². The molecular formula is C10H18N2O3. The monoisotopic (exact) mass is 214 g/mol. The van der Waals surface area contributed by atoms with E-state index in [-0.39, 0.29) is 12.5 Å². The number of carboxylic acid groups (broad SMARTS) is 1. The van der Waals surface area contributed by atoms with Gasteiger partial charge in [-0.25, -0.2) is 0 Å². The molecule has 0 bridgehead atoms. The minimum atomic E-state index is -0.864. The lowest BCUT2D eigenvalue weighted by Gasteiger charge is -2.33. The first-order chi connectivity index (χ1) is 7.06. The van der Waals surface area contributed by atoms with Gasteiger partial charge >= 0.3 is 5.97 Å². The van der Waals surface area contributed by atoms with Crippen molar-refractivity contribution < 1.29 is 14.7 Å². The average molecular weight is 214 g/mol. The van der Waals surface area contributed by atoms with Crippen molar-refractivity contribution in [3.63, 3.8) is 0 Å². The molecule has 1 saturated heterocycles. The van der Waals surface area contributed by atoms with Gasteiger partial charge in [-0.2, -0.15) is 0 Å². The fourth-order valence-electron chi connectivity index (χ4n) is 1.66. The lowest BCUT2D eigenvalue weighted by Crippen LogP contribution is -2.49. The normalized spacial score (nSPS) is 17.4. The van der Waals surface area contributed by atoms with Crippen LogP contribution in [-0.4, -0.2) is 59.5 Å². The Morgan fingerprint density at radius 3 is 2.40 bits per heavy atom. The molecule has 0 saturated carbocycles. The molecule has 5 heteroatoms. The van der Waals surface area contributed by atoms with Crippen LogP contribution >= 0.6 is 0 Å². The number of rotatable bonds is 5. The molecule has 0 aromatic carbocycles. The molecule has 15 heavy (non-hydrogen) atoms. The molecule has 0 radical (unpaired) electrons. The number of carbonyl (C=O) groups excluding carboxylic acids is 1. The number of nitrogens with zero attached hydrogens (tertiary/aromatic N) is 2. The van der Waals surface area contributed by atoms with E-state index in [1.807, 2.05) is 6.92 Å². The summed E-state index contributed by atoms with van der Waals surface area (Å²) in [6.07, 6.45) is 1.57. The third-order valence-corrected chi connectivity index (χ3v) is 2.80. The number of hydrogen-bond donors (Lipinski definition) is 1. The second kappa shape index (κ2) is 5.11. The Bertz CT molecular complexity index is 251. The molecule has 1 fully saturated rings. The molecular weight excluding hydrogens is 196 g/mol. The summed E-state index contributed by atoms with van der Waals surface area (Å²) in [5.41, 5.74) is 0. The first-order valence-electron chi connectivity index (χ1n) is 5.27. The summed E-state index contributed by atoms with van der Waals surface area (Å²) in [5.74, 6) is -0.833. The van der Waals surface area contributed by atoms with Gasteiger partial charge in [0.1, 0.15) is 6.04 Å². The molecule has 5 nitrogen and oxygen atoms in total. The average Bonchev–Trinajstić information content (AvgIpc) is 1.99. The highest BCUT2D eigenvalue weighted by molar-refractivity contribution is 5.80. The smallest absolute Gasteiger partial charge is 0.320 e. The lowest BCUT2D eigenvalue weighted by molar-refractivity contribution is -0.144. The highest BCUT2D eigenvalue weighted by Gasteiger charge is 2.26. The molecule has 86 valence electrons. The van der Waals surface area contributed by atoms with E-state index in [0.717, 1.165) is 19.5 Å². The molecule has 1 amide bonds. The first-order valence-corrected chi connectivity index (χ1v) is 5.27. The largest absolute Gasteiger partial charge is 0.480 e. The molecule has 1 N–H and O–H groups in total. The van der Waals surface area contributed by atoms with Gasteiger partial charge in [0.15, 0.2) is 0 Å². The molecule has 1 rings (SSSR count). The fourth-order valence-corrected chi connectivity index (χ4v) is 1.66. The van der Waals surface area contributed by atoms with Crippen LogP contribution < -0.4 is 0 Å². The SMILES string of the molecule is CCC(C(=O)O)N(C)CC(=O)N1CCC1. The Hall–Kier alpha value is -1.10. The van der Waals surface area contributed by atoms with Gasteiger partial charge < -0.3 is 10.0 Å². The van der Waals surface area contributed by atoms with Crippen LogP contribution in [0, 0.1) is 0 Å². The van der Waals surface area contributed by atoms with Crippen LogP contribution in [0.15, 0.2) is 0 Å². The van der Waals surface area contributed by atoms with Gasteiger partial charge in [-0.3, -0.25) is 14.5 Å². The highest BCUT2D eigenvalue weighted by Crippen LogP contribution is 2.08. The highest BCUT2D eigenvalue weighted by atomic mass is 16.4. The Morgan fingerprint density at radius 2 is 2.07 bits per heavy atom. The zero-order valence-corrected chi connectivity index (χ0v) is 9.27. The molecule has 1 aliphatic rings. The number of likely N-dealkylation sites (tertiary alicyclic amines) is 1. The molecule has 0 spiro atoms. The molecule has 1 aliphatic heterocycles. The second-order valence-electron chi connectivity index (χ2n) is 3.91. The van der Waals surface area contributed by atoms with Gasteiger partial charge in [-0.1, -0.05) is 6.92 Å². The van der Waals surface area contributed by atoms with Gasteiger partial charge in [0.2, 0.25) is 5.91 Å². The van der Waals surface area contributed by atoms with Crippen molar-refractivity contribution in [1.82, 2.24) is 9.80 Å². The van der Waals surface area contributed by atoms with Gasteiger partial charge in [-0.05, 0) is 19.9 Å². The van der Waals surface area contributed by atoms with Crippen molar-refractivity contribution in [3.8, 4) is 0 Å². The summed E-state index contributed by atoms with van der Waals surface area (Å²) >= 11 is 0. The molecule has 0 aromatic rings. The number of carbonyl (C=O) groups is 2. The molecule has 0 aliphatic carbocycles. The maximum atomic E-state index is 11.6. The van der Waals surface area contributed by atoms with E-state index >= 15 is 0 Å². The van der Waals surface area contributed by atoms with E-state index in [2.05, 4.69) is 0 Å². The van der Waals surface area contributed by atoms with Crippen LogP contribution in [0.25, 0.3) is 0 Å². The predicted octanol–water partition coefficient (Wildman–Crippen LogP) is 0.0137. The number of amides is 1. The maximum absolute atomic E-state index is 11.6. The van der Waals surface area contributed by atoms with Crippen molar-refractivity contribution in [2.75, 3.05) is 26.7 Å². The number of carboxylic acids is 1. The van der Waals surface area contributed by atoms with Gasteiger partial charge in [0, 0.05) is 13.1 Å². The Morgan fingerprint density at radius 1 is 1.47 bits per heavy atom. The first kappa shape index (κ1) is 12.0. The molecule has 1 atom stereocenters. The second-order valence-corrected chi connectivity index (χ2v) is 3.91. The zero-order valence-electron chi connectivity index (χ0n) is 9.27.